The zero-order chi connectivity index (χ0) is 15.8. The van der Waals surface area contributed by atoms with Crippen LogP contribution in [-0.2, 0) is 13.8 Å². The van der Waals surface area contributed by atoms with Gasteiger partial charge in [0.25, 0.3) is 9.05 Å². The average Bonchev–Trinajstić information content (AvgIpc) is 2.95. The second-order valence-electron chi connectivity index (χ2n) is 5.94. The van der Waals surface area contributed by atoms with Crippen molar-refractivity contribution in [3.8, 4) is 0 Å². The van der Waals surface area contributed by atoms with Crippen LogP contribution >= 0.6 is 10.7 Å². The lowest BCUT2D eigenvalue weighted by atomic mass is 10.2. The molecule has 0 saturated carbocycles. The summed E-state index contributed by atoms with van der Waals surface area (Å²) in [5, 5.41) is 3.77. The van der Waals surface area contributed by atoms with Crippen molar-refractivity contribution in [1.82, 2.24) is 14.7 Å². The van der Waals surface area contributed by atoms with Crippen LogP contribution in [0.1, 0.15) is 33.2 Å². The smallest absolute Gasteiger partial charge is 0.410 e. The zero-order valence-corrected chi connectivity index (χ0v) is 13.7. The highest BCUT2D eigenvalue weighted by Crippen LogP contribution is 2.24. The Morgan fingerprint density at radius 3 is 2.67 bits per heavy atom. The van der Waals surface area contributed by atoms with Gasteiger partial charge in [-0.1, -0.05) is 0 Å². The van der Waals surface area contributed by atoms with E-state index in [-0.39, 0.29) is 17.2 Å². The first-order valence-electron chi connectivity index (χ1n) is 6.54. The van der Waals surface area contributed by atoms with Crippen LogP contribution in [0, 0.1) is 0 Å². The molecule has 0 aliphatic carbocycles. The highest BCUT2D eigenvalue weighted by atomic mass is 35.7. The van der Waals surface area contributed by atoms with Gasteiger partial charge in [-0.2, -0.15) is 5.10 Å². The van der Waals surface area contributed by atoms with E-state index in [1.165, 1.54) is 10.7 Å². The van der Waals surface area contributed by atoms with Gasteiger partial charge in [0, 0.05) is 30.0 Å². The summed E-state index contributed by atoms with van der Waals surface area (Å²) in [5.41, 5.74) is -0.541. The fourth-order valence-electron chi connectivity index (χ4n) is 2.10. The number of carbonyl (C=O) groups is 1. The highest BCUT2D eigenvalue weighted by Gasteiger charge is 2.31. The van der Waals surface area contributed by atoms with E-state index in [4.69, 9.17) is 15.4 Å². The zero-order valence-electron chi connectivity index (χ0n) is 12.1. The number of hydrogen-bond acceptors (Lipinski definition) is 5. The van der Waals surface area contributed by atoms with E-state index in [1.54, 1.807) is 11.1 Å². The van der Waals surface area contributed by atoms with Crippen LogP contribution in [0.4, 0.5) is 4.79 Å². The predicted molar refractivity (Wildman–Crippen MR) is 76.7 cm³/mol. The molecule has 1 amide bonds. The first-order valence-corrected chi connectivity index (χ1v) is 8.85. The predicted octanol–water partition coefficient (Wildman–Crippen LogP) is 1.99. The van der Waals surface area contributed by atoms with Crippen molar-refractivity contribution in [2.24, 2.45) is 0 Å². The minimum absolute atomic E-state index is 0.0790. The summed E-state index contributed by atoms with van der Waals surface area (Å²) in [6.45, 7) is 6.40. The molecule has 1 aromatic heterocycles. The van der Waals surface area contributed by atoms with Crippen LogP contribution in [-0.4, -0.2) is 47.9 Å². The Hall–Kier alpha value is -1.28. The number of nitrogens with zero attached hydrogens (tertiary/aromatic N) is 3. The van der Waals surface area contributed by atoms with Gasteiger partial charge in [0.2, 0.25) is 0 Å². The maximum Gasteiger partial charge on any atom is 0.410 e. The first-order chi connectivity index (χ1) is 9.56. The van der Waals surface area contributed by atoms with E-state index in [9.17, 15) is 13.2 Å². The molecule has 21 heavy (non-hydrogen) atoms. The number of aromatic nitrogens is 2. The SMILES string of the molecule is CC(C)(C)OC(=O)N1CCC(n2ccc(S(=O)(=O)Cl)n2)C1. The quantitative estimate of drug-likeness (QED) is 0.772. The minimum Gasteiger partial charge on any atom is -0.444 e. The van der Waals surface area contributed by atoms with Gasteiger partial charge in [-0.3, -0.25) is 4.68 Å². The van der Waals surface area contributed by atoms with Gasteiger partial charge in [0.05, 0.1) is 6.04 Å². The molecule has 0 aromatic carbocycles. The van der Waals surface area contributed by atoms with Crippen LogP contribution in [0.5, 0.6) is 0 Å². The second-order valence-corrected chi connectivity index (χ2v) is 8.45. The van der Waals surface area contributed by atoms with Gasteiger partial charge >= 0.3 is 6.09 Å². The van der Waals surface area contributed by atoms with Crippen LogP contribution in [0.3, 0.4) is 0 Å². The largest absolute Gasteiger partial charge is 0.444 e. The van der Waals surface area contributed by atoms with Gasteiger partial charge in [0.1, 0.15) is 5.60 Å². The number of hydrogen-bond donors (Lipinski definition) is 0. The summed E-state index contributed by atoms with van der Waals surface area (Å²) >= 11 is 0. The second kappa shape index (κ2) is 5.49. The lowest BCUT2D eigenvalue weighted by molar-refractivity contribution is 0.0288. The Balaban J connectivity index is 2.03. The lowest BCUT2D eigenvalue weighted by Gasteiger charge is -2.24. The molecule has 0 bridgehead atoms. The molecule has 0 spiro atoms. The van der Waals surface area contributed by atoms with Crippen molar-refractivity contribution in [2.75, 3.05) is 13.1 Å². The van der Waals surface area contributed by atoms with E-state index in [1.807, 2.05) is 20.8 Å². The Morgan fingerprint density at radius 1 is 1.48 bits per heavy atom. The molecule has 1 aliphatic heterocycles. The van der Waals surface area contributed by atoms with Gasteiger partial charge < -0.3 is 9.64 Å². The number of ether oxygens (including phenoxy) is 1. The summed E-state index contributed by atoms with van der Waals surface area (Å²) < 4.78 is 29.2. The van der Waals surface area contributed by atoms with E-state index in [2.05, 4.69) is 5.10 Å². The van der Waals surface area contributed by atoms with Crippen molar-refractivity contribution >= 4 is 25.8 Å². The molecule has 7 nitrogen and oxygen atoms in total. The summed E-state index contributed by atoms with van der Waals surface area (Å²) in [7, 11) is 1.41. The molecule has 1 saturated heterocycles. The Labute approximate surface area is 128 Å². The monoisotopic (exact) mass is 335 g/mol. The van der Waals surface area contributed by atoms with Gasteiger partial charge in [-0.05, 0) is 33.3 Å². The molecule has 0 N–H and O–H groups in total. The molecule has 1 fully saturated rings. The lowest BCUT2D eigenvalue weighted by Crippen LogP contribution is -2.35. The van der Waals surface area contributed by atoms with Gasteiger partial charge in [-0.15, -0.1) is 0 Å². The fourth-order valence-corrected chi connectivity index (χ4v) is 2.77. The Morgan fingerprint density at radius 2 is 2.14 bits per heavy atom. The van der Waals surface area contributed by atoms with E-state index < -0.39 is 14.7 Å². The molecule has 1 atom stereocenters. The van der Waals surface area contributed by atoms with Crippen molar-refractivity contribution in [3.05, 3.63) is 12.3 Å². The molecule has 2 rings (SSSR count). The molecule has 1 aromatic rings. The maximum absolute atomic E-state index is 12.0. The third-order valence-electron chi connectivity index (χ3n) is 3.02. The molecular formula is C12H18ClN3O4S. The van der Waals surface area contributed by atoms with Crippen molar-refractivity contribution in [2.45, 2.75) is 43.9 Å². The Bertz CT molecular complexity index is 635. The van der Waals surface area contributed by atoms with Gasteiger partial charge in [0.15, 0.2) is 5.03 Å². The van der Waals surface area contributed by atoms with Crippen molar-refractivity contribution < 1.29 is 17.9 Å². The highest BCUT2D eigenvalue weighted by molar-refractivity contribution is 8.13. The van der Waals surface area contributed by atoms with E-state index in [0.717, 1.165) is 0 Å². The fraction of sp³-hybridized carbons (Fsp3) is 0.667. The maximum atomic E-state index is 12.0. The number of carbonyl (C=O) groups excluding carboxylic acids is 1. The third-order valence-corrected chi connectivity index (χ3v) is 4.21. The third kappa shape index (κ3) is 4.10. The number of rotatable bonds is 2. The molecule has 118 valence electrons. The summed E-state index contributed by atoms with van der Waals surface area (Å²) in [6, 6.07) is 1.27. The molecule has 1 unspecified atom stereocenters. The minimum atomic E-state index is -3.83. The van der Waals surface area contributed by atoms with E-state index in [0.29, 0.717) is 19.5 Å². The molecule has 2 heterocycles. The standard InChI is InChI=1S/C12H18ClN3O4S/c1-12(2,3)20-11(17)15-6-4-9(8-15)16-7-5-10(14-16)21(13,18)19/h5,7,9H,4,6,8H2,1-3H3. The molecule has 0 radical (unpaired) electrons. The number of likely N-dealkylation sites (tertiary alicyclic amines) is 1. The normalized spacial score (nSPS) is 19.8. The Kier molecular flexibility index (Phi) is 4.21. The van der Waals surface area contributed by atoms with Crippen molar-refractivity contribution in [3.63, 3.8) is 0 Å². The average molecular weight is 336 g/mol. The summed E-state index contributed by atoms with van der Waals surface area (Å²) in [4.78, 5) is 13.5. The first kappa shape index (κ1) is 16.1. The van der Waals surface area contributed by atoms with E-state index >= 15 is 0 Å². The van der Waals surface area contributed by atoms with Gasteiger partial charge in [-0.25, -0.2) is 13.2 Å². The molecule has 1 aliphatic rings. The van der Waals surface area contributed by atoms with Crippen molar-refractivity contribution in [1.29, 1.82) is 0 Å². The summed E-state index contributed by atoms with van der Waals surface area (Å²) in [5.74, 6) is 0. The topological polar surface area (TPSA) is 81.5 Å². The van der Waals surface area contributed by atoms with Crippen LogP contribution in [0.15, 0.2) is 17.3 Å². The van der Waals surface area contributed by atoms with Crippen LogP contribution in [0.2, 0.25) is 0 Å². The molecular weight excluding hydrogens is 318 g/mol. The van der Waals surface area contributed by atoms with Crippen LogP contribution in [0.25, 0.3) is 0 Å². The summed E-state index contributed by atoms with van der Waals surface area (Å²) in [6.07, 6.45) is 1.86. The molecule has 9 heteroatoms. The number of halogens is 1. The van der Waals surface area contributed by atoms with Crippen LogP contribution < -0.4 is 0 Å². The number of amides is 1.